The van der Waals surface area contributed by atoms with Crippen LogP contribution in [-0.4, -0.2) is 20.0 Å². The molecule has 0 fully saturated rings. The van der Waals surface area contributed by atoms with E-state index >= 15 is 0 Å². The number of hydrogen-bond donors (Lipinski definition) is 0. The molecule has 1 aliphatic carbocycles. The Morgan fingerprint density at radius 3 is 2.33 bits per heavy atom. The van der Waals surface area contributed by atoms with Crippen molar-refractivity contribution < 1.29 is 14.3 Å². The molecule has 3 heteroatoms. The first-order valence-corrected chi connectivity index (χ1v) is 6.78. The average Bonchev–Trinajstić information content (AvgIpc) is 2.82. The number of methoxy groups -OCH3 is 2. The lowest BCUT2D eigenvalue weighted by atomic mass is 10.1. The molecule has 0 saturated heterocycles. The third-order valence-corrected chi connectivity index (χ3v) is 3.67. The fraction of sp³-hybridized carbons (Fsp3) is 0.167. The Kier molecular flexibility index (Phi) is 3.48. The largest absolute Gasteiger partial charge is 0.493 e. The molecule has 3 rings (SSSR count). The molecule has 0 N–H and O–H groups in total. The van der Waals surface area contributed by atoms with Gasteiger partial charge in [0.1, 0.15) is 0 Å². The van der Waals surface area contributed by atoms with Crippen molar-refractivity contribution in [2.45, 2.75) is 6.42 Å². The Balaban J connectivity index is 2.01. The molecule has 2 aromatic rings. The Labute approximate surface area is 123 Å². The highest BCUT2D eigenvalue weighted by Crippen LogP contribution is 2.36. The first-order chi connectivity index (χ1) is 10.2. The Morgan fingerprint density at radius 2 is 1.67 bits per heavy atom. The number of ketones is 1. The minimum Gasteiger partial charge on any atom is -0.493 e. The number of fused-ring (bicyclic) bond motifs is 1. The molecule has 3 nitrogen and oxygen atoms in total. The molecule has 0 amide bonds. The predicted octanol–water partition coefficient (Wildman–Crippen LogP) is 3.53. The van der Waals surface area contributed by atoms with E-state index in [-0.39, 0.29) is 5.78 Å². The summed E-state index contributed by atoms with van der Waals surface area (Å²) in [6, 6.07) is 13.5. The highest BCUT2D eigenvalue weighted by atomic mass is 16.5. The van der Waals surface area contributed by atoms with Gasteiger partial charge in [0.25, 0.3) is 0 Å². The molecule has 0 aliphatic heterocycles. The van der Waals surface area contributed by atoms with Crippen molar-refractivity contribution in [1.29, 1.82) is 0 Å². The lowest BCUT2D eigenvalue weighted by molar-refractivity contribution is 0.104. The minimum absolute atomic E-state index is 0.0646. The zero-order chi connectivity index (χ0) is 14.8. The van der Waals surface area contributed by atoms with Gasteiger partial charge in [0.2, 0.25) is 0 Å². The summed E-state index contributed by atoms with van der Waals surface area (Å²) in [4.78, 5) is 12.5. The van der Waals surface area contributed by atoms with Gasteiger partial charge in [0.15, 0.2) is 17.3 Å². The van der Waals surface area contributed by atoms with Crippen LogP contribution in [0.15, 0.2) is 48.0 Å². The molecule has 0 radical (unpaired) electrons. The monoisotopic (exact) mass is 280 g/mol. The lowest BCUT2D eigenvalue weighted by Crippen LogP contribution is -1.97. The quantitative estimate of drug-likeness (QED) is 0.807. The Bertz CT molecular complexity index is 715. The van der Waals surface area contributed by atoms with E-state index in [1.807, 2.05) is 42.5 Å². The fourth-order valence-corrected chi connectivity index (χ4v) is 2.60. The van der Waals surface area contributed by atoms with Crippen LogP contribution in [0.3, 0.4) is 0 Å². The third kappa shape index (κ3) is 2.42. The van der Waals surface area contributed by atoms with Gasteiger partial charge < -0.3 is 9.47 Å². The number of hydrogen-bond acceptors (Lipinski definition) is 3. The summed E-state index contributed by atoms with van der Waals surface area (Å²) >= 11 is 0. The van der Waals surface area contributed by atoms with Gasteiger partial charge >= 0.3 is 0 Å². The van der Waals surface area contributed by atoms with Crippen molar-refractivity contribution in [3.8, 4) is 11.5 Å². The van der Waals surface area contributed by atoms with Crippen LogP contribution in [0.2, 0.25) is 0 Å². The molecule has 0 spiro atoms. The summed E-state index contributed by atoms with van der Waals surface area (Å²) in [6.07, 6.45) is 2.57. The smallest absolute Gasteiger partial charge is 0.189 e. The average molecular weight is 280 g/mol. The van der Waals surface area contributed by atoms with E-state index in [1.165, 1.54) is 0 Å². The van der Waals surface area contributed by atoms with E-state index in [1.54, 1.807) is 20.3 Å². The number of Topliss-reactive ketones (excluding diaryl/α,β-unsaturated/α-hetero) is 1. The van der Waals surface area contributed by atoms with Crippen LogP contribution < -0.4 is 9.47 Å². The first-order valence-electron chi connectivity index (χ1n) is 6.78. The van der Waals surface area contributed by atoms with Crippen molar-refractivity contribution in [2.75, 3.05) is 14.2 Å². The predicted molar refractivity (Wildman–Crippen MR) is 82.0 cm³/mol. The van der Waals surface area contributed by atoms with E-state index in [0.29, 0.717) is 23.5 Å². The van der Waals surface area contributed by atoms with Gasteiger partial charge in [-0.15, -0.1) is 0 Å². The maximum Gasteiger partial charge on any atom is 0.189 e. The number of benzene rings is 2. The van der Waals surface area contributed by atoms with Crippen LogP contribution >= 0.6 is 0 Å². The summed E-state index contributed by atoms with van der Waals surface area (Å²) < 4.78 is 10.6. The SMILES string of the molecule is COc1cc2c(cc1OC)C(=O)/C(=C\c1ccccc1)C2. The topological polar surface area (TPSA) is 35.5 Å². The Morgan fingerprint density at radius 1 is 1.00 bits per heavy atom. The molecular formula is C18H16O3. The third-order valence-electron chi connectivity index (χ3n) is 3.67. The molecule has 0 aromatic heterocycles. The van der Waals surface area contributed by atoms with Gasteiger partial charge in [-0.05, 0) is 29.3 Å². The molecule has 2 aromatic carbocycles. The van der Waals surface area contributed by atoms with E-state index in [4.69, 9.17) is 9.47 Å². The van der Waals surface area contributed by atoms with Gasteiger partial charge in [-0.2, -0.15) is 0 Å². The molecule has 0 heterocycles. The highest BCUT2D eigenvalue weighted by molar-refractivity contribution is 6.15. The summed E-state index contributed by atoms with van der Waals surface area (Å²) in [5.74, 6) is 1.31. The number of allylic oxidation sites excluding steroid dienone is 1. The summed E-state index contributed by atoms with van der Waals surface area (Å²) in [7, 11) is 3.17. The van der Waals surface area contributed by atoms with Gasteiger partial charge in [0, 0.05) is 17.6 Å². The number of carbonyl (C=O) groups is 1. The second-order valence-corrected chi connectivity index (χ2v) is 4.95. The van der Waals surface area contributed by atoms with Crippen LogP contribution in [0.5, 0.6) is 11.5 Å². The normalized spacial score (nSPS) is 15.1. The van der Waals surface area contributed by atoms with Crippen molar-refractivity contribution in [1.82, 2.24) is 0 Å². The molecule has 21 heavy (non-hydrogen) atoms. The number of carbonyl (C=O) groups excluding carboxylic acids is 1. The van der Waals surface area contributed by atoms with E-state index < -0.39 is 0 Å². The first kappa shape index (κ1) is 13.4. The molecular weight excluding hydrogens is 264 g/mol. The summed E-state index contributed by atoms with van der Waals surface area (Å²) in [5, 5.41) is 0. The van der Waals surface area contributed by atoms with Gasteiger partial charge in [0.05, 0.1) is 14.2 Å². The van der Waals surface area contributed by atoms with Crippen molar-refractivity contribution >= 4 is 11.9 Å². The molecule has 0 bridgehead atoms. The fourth-order valence-electron chi connectivity index (χ4n) is 2.60. The van der Waals surface area contributed by atoms with Crippen LogP contribution in [-0.2, 0) is 6.42 Å². The van der Waals surface area contributed by atoms with E-state index in [2.05, 4.69) is 0 Å². The highest BCUT2D eigenvalue weighted by Gasteiger charge is 2.27. The Hall–Kier alpha value is -2.55. The van der Waals surface area contributed by atoms with Crippen LogP contribution in [0.1, 0.15) is 21.5 Å². The number of rotatable bonds is 3. The van der Waals surface area contributed by atoms with Crippen molar-refractivity contribution in [3.05, 3.63) is 64.7 Å². The van der Waals surface area contributed by atoms with E-state index in [9.17, 15) is 4.79 Å². The molecule has 0 saturated carbocycles. The van der Waals surface area contributed by atoms with Crippen LogP contribution in [0.4, 0.5) is 0 Å². The maximum absolute atomic E-state index is 12.5. The zero-order valence-corrected chi connectivity index (χ0v) is 12.1. The maximum atomic E-state index is 12.5. The van der Waals surface area contributed by atoms with Crippen LogP contribution in [0.25, 0.3) is 6.08 Å². The standard InChI is InChI=1S/C18H16O3/c1-20-16-10-13-9-14(8-12-6-4-3-5-7-12)18(19)15(13)11-17(16)21-2/h3-8,10-11H,9H2,1-2H3/b14-8-. The zero-order valence-electron chi connectivity index (χ0n) is 12.1. The second kappa shape index (κ2) is 5.44. The molecule has 0 atom stereocenters. The molecule has 1 aliphatic rings. The van der Waals surface area contributed by atoms with Crippen LogP contribution in [0, 0.1) is 0 Å². The lowest BCUT2D eigenvalue weighted by Gasteiger charge is -2.08. The second-order valence-electron chi connectivity index (χ2n) is 4.95. The summed E-state index contributed by atoms with van der Waals surface area (Å²) in [6.45, 7) is 0. The molecule has 0 unspecified atom stereocenters. The van der Waals surface area contributed by atoms with Crippen molar-refractivity contribution in [2.24, 2.45) is 0 Å². The summed E-state index contributed by atoms with van der Waals surface area (Å²) in [5.41, 5.74) is 3.52. The number of ether oxygens (including phenoxy) is 2. The van der Waals surface area contributed by atoms with Crippen molar-refractivity contribution in [3.63, 3.8) is 0 Å². The van der Waals surface area contributed by atoms with Gasteiger partial charge in [-0.1, -0.05) is 30.3 Å². The van der Waals surface area contributed by atoms with Gasteiger partial charge in [-0.3, -0.25) is 4.79 Å². The minimum atomic E-state index is 0.0646. The van der Waals surface area contributed by atoms with E-state index in [0.717, 1.165) is 16.7 Å². The van der Waals surface area contributed by atoms with Gasteiger partial charge in [-0.25, -0.2) is 0 Å². The molecule has 106 valence electrons.